The van der Waals surface area contributed by atoms with Crippen LogP contribution >= 0.6 is 0 Å². The van der Waals surface area contributed by atoms with Gasteiger partial charge in [-0.15, -0.1) is 0 Å². The maximum Gasteiger partial charge on any atom is 0.0171 e. The van der Waals surface area contributed by atoms with Crippen LogP contribution in [0.1, 0.15) is 68.2 Å². The van der Waals surface area contributed by atoms with E-state index in [2.05, 4.69) is 84.2 Å². The molecule has 0 bridgehead atoms. The van der Waals surface area contributed by atoms with Crippen molar-refractivity contribution < 1.29 is 0 Å². The predicted octanol–water partition coefficient (Wildman–Crippen LogP) is 4.43. The molecular formula is C22H47N3. The highest BCUT2D eigenvalue weighted by atomic mass is 15.2. The summed E-state index contributed by atoms with van der Waals surface area (Å²) in [7, 11) is 4.56. The molecule has 1 aliphatic rings. The quantitative estimate of drug-likeness (QED) is 0.544. The molecule has 3 nitrogen and oxygen atoms in total. The molecule has 0 aliphatic carbocycles. The smallest absolute Gasteiger partial charge is 0.0171 e. The molecule has 0 N–H and O–H groups in total. The molecule has 25 heavy (non-hydrogen) atoms. The second-order valence-corrected chi connectivity index (χ2v) is 10.8. The van der Waals surface area contributed by atoms with Crippen molar-refractivity contribution in [1.82, 2.24) is 14.7 Å². The first kappa shape index (κ1) is 22.9. The highest BCUT2D eigenvalue weighted by Crippen LogP contribution is 2.35. The van der Waals surface area contributed by atoms with E-state index < -0.39 is 0 Å². The Balaban J connectivity index is 2.45. The highest BCUT2D eigenvalue weighted by Gasteiger charge is 2.40. The number of rotatable bonds is 11. The topological polar surface area (TPSA) is 9.72 Å². The van der Waals surface area contributed by atoms with E-state index in [4.69, 9.17) is 0 Å². The van der Waals surface area contributed by atoms with E-state index in [0.717, 1.165) is 12.0 Å². The minimum absolute atomic E-state index is 0.373. The van der Waals surface area contributed by atoms with Gasteiger partial charge in [0, 0.05) is 31.7 Å². The number of hydrogen-bond acceptors (Lipinski definition) is 3. The molecule has 0 radical (unpaired) electrons. The summed E-state index contributed by atoms with van der Waals surface area (Å²) in [4.78, 5) is 7.76. The van der Waals surface area contributed by atoms with E-state index in [1.807, 2.05) is 0 Å². The van der Waals surface area contributed by atoms with E-state index in [1.165, 1.54) is 45.6 Å². The molecule has 3 heteroatoms. The summed E-state index contributed by atoms with van der Waals surface area (Å²) in [5, 5.41) is 0. The molecule has 1 atom stereocenters. The minimum Gasteiger partial charge on any atom is -0.306 e. The highest BCUT2D eigenvalue weighted by molar-refractivity contribution is 4.95. The van der Waals surface area contributed by atoms with Crippen molar-refractivity contribution in [2.24, 2.45) is 16.7 Å². The van der Waals surface area contributed by atoms with Gasteiger partial charge in [0.25, 0.3) is 0 Å². The van der Waals surface area contributed by atoms with Gasteiger partial charge in [-0.25, -0.2) is 0 Å². The Morgan fingerprint density at radius 2 is 1.60 bits per heavy atom. The number of likely N-dealkylation sites (tertiary alicyclic amines) is 1. The van der Waals surface area contributed by atoms with Crippen LogP contribution in [0.25, 0.3) is 0 Å². The lowest BCUT2D eigenvalue weighted by molar-refractivity contribution is -0.0200. The van der Waals surface area contributed by atoms with Gasteiger partial charge in [0.05, 0.1) is 0 Å². The van der Waals surface area contributed by atoms with Gasteiger partial charge in [-0.3, -0.25) is 4.90 Å². The third kappa shape index (κ3) is 7.56. The summed E-state index contributed by atoms with van der Waals surface area (Å²) in [5.74, 6) is 0.773. The zero-order chi connectivity index (χ0) is 19.4. The van der Waals surface area contributed by atoms with Crippen LogP contribution in [0.4, 0.5) is 0 Å². The van der Waals surface area contributed by atoms with Crippen LogP contribution in [-0.4, -0.2) is 73.6 Å². The first-order valence-electron chi connectivity index (χ1n) is 10.5. The van der Waals surface area contributed by atoms with Crippen LogP contribution in [0.5, 0.6) is 0 Å². The largest absolute Gasteiger partial charge is 0.306 e. The third-order valence-electron chi connectivity index (χ3n) is 6.04. The lowest BCUT2D eigenvalue weighted by Gasteiger charge is -2.51. The fourth-order valence-electron chi connectivity index (χ4n) is 4.32. The molecule has 1 heterocycles. The molecule has 150 valence electrons. The van der Waals surface area contributed by atoms with Crippen LogP contribution < -0.4 is 0 Å². The van der Waals surface area contributed by atoms with Crippen LogP contribution in [0.15, 0.2) is 0 Å². The molecule has 0 aromatic heterocycles. The Hall–Kier alpha value is -0.120. The third-order valence-corrected chi connectivity index (χ3v) is 6.04. The van der Waals surface area contributed by atoms with Crippen molar-refractivity contribution in [2.75, 3.05) is 46.8 Å². The summed E-state index contributed by atoms with van der Waals surface area (Å²) in [6.45, 7) is 25.1. The molecule has 0 spiro atoms. The summed E-state index contributed by atoms with van der Waals surface area (Å²) >= 11 is 0. The van der Waals surface area contributed by atoms with Gasteiger partial charge < -0.3 is 9.80 Å². The first-order valence-corrected chi connectivity index (χ1v) is 10.5. The van der Waals surface area contributed by atoms with Crippen molar-refractivity contribution in [1.29, 1.82) is 0 Å². The second-order valence-electron chi connectivity index (χ2n) is 10.8. The van der Waals surface area contributed by atoms with Crippen LogP contribution in [0, 0.1) is 16.7 Å². The first-order chi connectivity index (χ1) is 11.3. The average Bonchev–Trinajstić information content (AvgIpc) is 2.39. The predicted molar refractivity (Wildman–Crippen MR) is 112 cm³/mol. The number of hydrogen-bond donors (Lipinski definition) is 0. The Morgan fingerprint density at radius 1 is 1.00 bits per heavy atom. The van der Waals surface area contributed by atoms with Crippen molar-refractivity contribution in [3.8, 4) is 0 Å². The standard InChI is InChI=1S/C22H47N3/c1-18(2)15-25-13-11-20(25)22(7,8)17-23(9)14-12-21(5,6)16-24(10)19(3)4/h18-20H,11-17H2,1-10H3. The van der Waals surface area contributed by atoms with Gasteiger partial charge in [0.1, 0.15) is 0 Å². The molecule has 1 rings (SSSR count). The summed E-state index contributed by atoms with van der Waals surface area (Å²) in [6.07, 6.45) is 2.63. The van der Waals surface area contributed by atoms with Gasteiger partial charge >= 0.3 is 0 Å². The Bertz CT molecular complexity index is 387. The zero-order valence-electron chi connectivity index (χ0n) is 19.0. The SMILES string of the molecule is CC(C)CN1CCC1C(C)(C)CN(C)CCC(C)(C)CN(C)C(C)C. The van der Waals surface area contributed by atoms with Crippen molar-refractivity contribution in [3.63, 3.8) is 0 Å². The summed E-state index contributed by atoms with van der Waals surface area (Å²) < 4.78 is 0. The lowest BCUT2D eigenvalue weighted by atomic mass is 9.76. The Morgan fingerprint density at radius 3 is 2.04 bits per heavy atom. The maximum atomic E-state index is 2.71. The van der Waals surface area contributed by atoms with Gasteiger partial charge in [0.15, 0.2) is 0 Å². The van der Waals surface area contributed by atoms with Crippen molar-refractivity contribution in [2.45, 2.75) is 80.3 Å². The zero-order valence-corrected chi connectivity index (χ0v) is 19.0. The molecule has 1 unspecified atom stereocenters. The van der Waals surface area contributed by atoms with Crippen LogP contribution in [0.2, 0.25) is 0 Å². The molecule has 1 aliphatic heterocycles. The van der Waals surface area contributed by atoms with E-state index in [0.29, 0.717) is 16.9 Å². The summed E-state index contributed by atoms with van der Waals surface area (Å²) in [6, 6.07) is 1.39. The fourth-order valence-corrected chi connectivity index (χ4v) is 4.32. The van der Waals surface area contributed by atoms with Crippen molar-refractivity contribution in [3.05, 3.63) is 0 Å². The van der Waals surface area contributed by atoms with Gasteiger partial charge in [-0.05, 0) is 70.6 Å². The molecule has 0 saturated carbocycles. The van der Waals surface area contributed by atoms with Crippen LogP contribution in [-0.2, 0) is 0 Å². The fraction of sp³-hybridized carbons (Fsp3) is 1.00. The van der Waals surface area contributed by atoms with E-state index in [9.17, 15) is 0 Å². The monoisotopic (exact) mass is 353 g/mol. The van der Waals surface area contributed by atoms with E-state index in [1.54, 1.807) is 0 Å². The summed E-state index contributed by atoms with van der Waals surface area (Å²) in [5.41, 5.74) is 0.748. The Labute approximate surface area is 159 Å². The molecule has 1 fully saturated rings. The second kappa shape index (κ2) is 9.19. The van der Waals surface area contributed by atoms with Gasteiger partial charge in [-0.1, -0.05) is 41.5 Å². The average molecular weight is 354 g/mol. The molecule has 0 amide bonds. The normalized spacial score (nSPS) is 20.2. The van der Waals surface area contributed by atoms with Gasteiger partial charge in [0.2, 0.25) is 0 Å². The lowest BCUT2D eigenvalue weighted by Crippen LogP contribution is -2.58. The molecule has 0 aromatic carbocycles. The van der Waals surface area contributed by atoms with E-state index >= 15 is 0 Å². The van der Waals surface area contributed by atoms with Crippen LogP contribution in [0.3, 0.4) is 0 Å². The number of nitrogens with zero attached hydrogens (tertiary/aromatic N) is 3. The molecular weight excluding hydrogens is 306 g/mol. The maximum absolute atomic E-state index is 2.71. The van der Waals surface area contributed by atoms with Crippen molar-refractivity contribution >= 4 is 0 Å². The minimum atomic E-state index is 0.373. The van der Waals surface area contributed by atoms with Gasteiger partial charge in [-0.2, -0.15) is 0 Å². The molecule has 0 aromatic rings. The molecule has 1 saturated heterocycles. The van der Waals surface area contributed by atoms with E-state index in [-0.39, 0.29) is 0 Å². The Kier molecular flexibility index (Phi) is 8.43.